The largest absolute Gasteiger partial charge is 0.483 e. The van der Waals surface area contributed by atoms with E-state index in [2.05, 4.69) is 5.32 Å². The molecule has 4 nitrogen and oxygen atoms in total. The number of amides is 1. The molecule has 1 heterocycles. The molecule has 0 saturated heterocycles. The van der Waals surface area contributed by atoms with Gasteiger partial charge in [0, 0.05) is 12.1 Å². The van der Waals surface area contributed by atoms with Gasteiger partial charge >= 0.3 is 0 Å². The lowest BCUT2D eigenvalue weighted by molar-refractivity contribution is 0.0931. The quantitative estimate of drug-likeness (QED) is 0.912. The molecule has 0 aliphatic carbocycles. The molecule has 7 heteroatoms. The van der Waals surface area contributed by atoms with Crippen LogP contribution in [-0.4, -0.2) is 13.0 Å². The van der Waals surface area contributed by atoms with E-state index >= 15 is 0 Å². The molecule has 0 aliphatic rings. The van der Waals surface area contributed by atoms with E-state index in [1.54, 1.807) is 12.1 Å². The zero-order valence-electron chi connectivity index (χ0n) is 10.4. The number of hydrogen-bond donors (Lipinski definition) is 1. The van der Waals surface area contributed by atoms with Crippen molar-refractivity contribution in [1.82, 2.24) is 5.32 Å². The van der Waals surface area contributed by atoms with Crippen LogP contribution in [0.15, 0.2) is 28.7 Å². The lowest BCUT2D eigenvalue weighted by atomic mass is 10.3. The van der Waals surface area contributed by atoms with E-state index in [0.29, 0.717) is 26.6 Å². The van der Waals surface area contributed by atoms with Crippen molar-refractivity contribution in [3.05, 3.63) is 50.9 Å². The number of benzene rings is 1. The fourth-order valence-corrected chi connectivity index (χ4v) is 2.44. The van der Waals surface area contributed by atoms with Crippen molar-refractivity contribution in [3.8, 4) is 5.75 Å². The Kier molecular flexibility index (Phi) is 4.81. The number of nitrogens with one attached hydrogen (secondary N) is 1. The number of carbonyl (C=O) groups excluding carboxylic acids is 1. The molecule has 1 amide bonds. The van der Waals surface area contributed by atoms with Crippen LogP contribution in [0.25, 0.3) is 0 Å². The Morgan fingerprint density at radius 2 is 1.90 bits per heavy atom. The minimum absolute atomic E-state index is 0.0953. The third-order valence-electron chi connectivity index (χ3n) is 2.43. The van der Waals surface area contributed by atoms with E-state index in [9.17, 15) is 4.79 Å². The monoisotopic (exact) mass is 333 g/mol. The number of halogens is 3. The van der Waals surface area contributed by atoms with Crippen molar-refractivity contribution in [1.29, 1.82) is 0 Å². The van der Waals surface area contributed by atoms with E-state index in [1.807, 2.05) is 0 Å². The van der Waals surface area contributed by atoms with Crippen molar-refractivity contribution in [2.75, 3.05) is 7.05 Å². The highest BCUT2D eigenvalue weighted by atomic mass is 35.5. The second-order valence-electron chi connectivity index (χ2n) is 3.83. The van der Waals surface area contributed by atoms with E-state index in [4.69, 9.17) is 44.0 Å². The molecule has 2 rings (SSSR count). The minimum Gasteiger partial charge on any atom is -0.483 e. The number of furan rings is 1. The maximum Gasteiger partial charge on any atom is 0.286 e. The molecule has 0 atom stereocenters. The van der Waals surface area contributed by atoms with Gasteiger partial charge in [0.1, 0.15) is 12.4 Å². The average molecular weight is 335 g/mol. The number of ether oxygens (including phenoxy) is 1. The van der Waals surface area contributed by atoms with Gasteiger partial charge in [-0.3, -0.25) is 4.79 Å². The second-order valence-corrected chi connectivity index (χ2v) is 5.08. The van der Waals surface area contributed by atoms with Gasteiger partial charge in [0.05, 0.1) is 10.0 Å². The summed E-state index contributed by atoms with van der Waals surface area (Å²) in [5.74, 6) is 0.694. The smallest absolute Gasteiger partial charge is 0.286 e. The second kappa shape index (κ2) is 6.39. The summed E-state index contributed by atoms with van der Waals surface area (Å²) in [7, 11) is 1.52. The van der Waals surface area contributed by atoms with Gasteiger partial charge in [-0.05, 0) is 24.3 Å². The summed E-state index contributed by atoms with van der Waals surface area (Å²) in [6.45, 7) is 0.0953. The zero-order valence-corrected chi connectivity index (χ0v) is 12.6. The molecule has 0 radical (unpaired) electrons. The number of hydrogen-bond acceptors (Lipinski definition) is 3. The van der Waals surface area contributed by atoms with Crippen LogP contribution in [0.1, 0.15) is 16.3 Å². The third-order valence-corrected chi connectivity index (χ3v) is 3.21. The van der Waals surface area contributed by atoms with Gasteiger partial charge < -0.3 is 14.5 Å². The molecule has 1 N–H and O–H groups in total. The Morgan fingerprint density at radius 3 is 2.50 bits per heavy atom. The fourth-order valence-electron chi connectivity index (χ4n) is 1.51. The maximum absolute atomic E-state index is 11.3. The summed E-state index contributed by atoms with van der Waals surface area (Å²) in [4.78, 5) is 11.3. The van der Waals surface area contributed by atoms with Gasteiger partial charge in [-0.15, -0.1) is 0 Å². The van der Waals surface area contributed by atoms with Crippen LogP contribution in [0, 0.1) is 0 Å². The van der Waals surface area contributed by atoms with Crippen LogP contribution in [0.2, 0.25) is 15.1 Å². The van der Waals surface area contributed by atoms with Crippen molar-refractivity contribution in [2.45, 2.75) is 6.61 Å². The minimum atomic E-state index is -0.307. The molecule has 0 aliphatic heterocycles. The SMILES string of the molecule is CNC(=O)c1ccc(COc2c(Cl)cc(Cl)cc2Cl)o1. The molecule has 0 fully saturated rings. The van der Waals surface area contributed by atoms with Gasteiger partial charge in [0.25, 0.3) is 5.91 Å². The summed E-state index contributed by atoms with van der Waals surface area (Å²) < 4.78 is 10.8. The first-order valence-corrected chi connectivity index (χ1v) is 6.72. The zero-order chi connectivity index (χ0) is 14.7. The van der Waals surface area contributed by atoms with Crippen LogP contribution < -0.4 is 10.1 Å². The topological polar surface area (TPSA) is 51.5 Å². The fraction of sp³-hybridized carbons (Fsp3) is 0.154. The molecule has 0 spiro atoms. The van der Waals surface area contributed by atoms with Gasteiger partial charge in [0.15, 0.2) is 11.5 Å². The molecule has 0 bridgehead atoms. The molecule has 1 aromatic carbocycles. The first-order chi connectivity index (χ1) is 9.51. The highest BCUT2D eigenvalue weighted by Crippen LogP contribution is 2.36. The molecule has 1 aromatic heterocycles. The molecule has 0 unspecified atom stereocenters. The van der Waals surface area contributed by atoms with Crippen molar-refractivity contribution in [3.63, 3.8) is 0 Å². The van der Waals surface area contributed by atoms with Crippen LogP contribution >= 0.6 is 34.8 Å². The van der Waals surface area contributed by atoms with E-state index in [0.717, 1.165) is 0 Å². The molecule has 20 heavy (non-hydrogen) atoms. The van der Waals surface area contributed by atoms with Crippen LogP contribution in [0.5, 0.6) is 5.75 Å². The van der Waals surface area contributed by atoms with Crippen LogP contribution in [0.4, 0.5) is 0 Å². The normalized spacial score (nSPS) is 10.4. The van der Waals surface area contributed by atoms with Gasteiger partial charge in [-0.25, -0.2) is 0 Å². The van der Waals surface area contributed by atoms with Crippen molar-refractivity contribution in [2.24, 2.45) is 0 Å². The average Bonchev–Trinajstić information content (AvgIpc) is 2.85. The highest BCUT2D eigenvalue weighted by Gasteiger charge is 2.12. The highest BCUT2D eigenvalue weighted by molar-refractivity contribution is 6.40. The Bertz CT molecular complexity index is 617. The van der Waals surface area contributed by atoms with Crippen LogP contribution in [0.3, 0.4) is 0 Å². The Balaban J connectivity index is 2.09. The standard InChI is InChI=1S/C13H10Cl3NO3/c1-17-13(18)11-3-2-8(20-11)6-19-12-9(15)4-7(14)5-10(12)16/h2-5H,6H2,1H3,(H,17,18). The predicted molar refractivity (Wildman–Crippen MR) is 77.9 cm³/mol. The van der Waals surface area contributed by atoms with Crippen molar-refractivity contribution < 1.29 is 13.9 Å². The Hall–Kier alpha value is -1.36. The maximum atomic E-state index is 11.3. The molecule has 0 saturated carbocycles. The molecular weight excluding hydrogens is 325 g/mol. The van der Waals surface area contributed by atoms with Crippen molar-refractivity contribution >= 4 is 40.7 Å². The summed E-state index contributed by atoms with van der Waals surface area (Å²) in [6, 6.07) is 6.26. The first kappa shape index (κ1) is 15.0. The lowest BCUT2D eigenvalue weighted by Gasteiger charge is -2.08. The van der Waals surface area contributed by atoms with Gasteiger partial charge in [-0.2, -0.15) is 0 Å². The first-order valence-electron chi connectivity index (χ1n) is 5.59. The molecular formula is C13H10Cl3NO3. The number of rotatable bonds is 4. The van der Waals surface area contributed by atoms with Gasteiger partial charge in [-0.1, -0.05) is 34.8 Å². The Labute approximate surface area is 130 Å². The summed E-state index contributed by atoms with van der Waals surface area (Å²) >= 11 is 17.8. The number of carbonyl (C=O) groups is 1. The summed E-state index contributed by atoms with van der Waals surface area (Å²) in [5.41, 5.74) is 0. The summed E-state index contributed by atoms with van der Waals surface area (Å²) in [5, 5.41) is 3.50. The predicted octanol–water partition coefficient (Wildman–Crippen LogP) is 4.18. The lowest BCUT2D eigenvalue weighted by Crippen LogP contribution is -2.16. The molecule has 2 aromatic rings. The van der Waals surface area contributed by atoms with E-state index < -0.39 is 0 Å². The van der Waals surface area contributed by atoms with Gasteiger partial charge in [0.2, 0.25) is 0 Å². The van der Waals surface area contributed by atoms with E-state index in [-0.39, 0.29) is 18.3 Å². The van der Waals surface area contributed by atoms with E-state index in [1.165, 1.54) is 19.2 Å². The third kappa shape index (κ3) is 3.39. The van der Waals surface area contributed by atoms with Crippen LogP contribution in [-0.2, 0) is 6.61 Å². The summed E-state index contributed by atoms with van der Waals surface area (Å²) in [6.07, 6.45) is 0. The molecule has 106 valence electrons. The Morgan fingerprint density at radius 1 is 1.25 bits per heavy atom.